The zero-order valence-electron chi connectivity index (χ0n) is 9.09. The van der Waals surface area contributed by atoms with Crippen LogP contribution < -0.4 is 0 Å². The second-order valence-corrected chi connectivity index (χ2v) is 4.07. The number of nitrogens with one attached hydrogen (secondary N) is 1. The number of benzene rings is 1. The Bertz CT molecular complexity index is 518. The molecule has 1 N–H and O–H groups in total. The van der Waals surface area contributed by atoms with Crippen molar-refractivity contribution < 1.29 is 9.53 Å². The first-order valence-corrected chi connectivity index (χ1v) is 5.45. The van der Waals surface area contributed by atoms with Gasteiger partial charge in [-0.1, -0.05) is 18.2 Å². The molecule has 1 saturated carbocycles. The van der Waals surface area contributed by atoms with Crippen LogP contribution >= 0.6 is 0 Å². The number of hydrogen-bond acceptors (Lipinski definition) is 4. The van der Waals surface area contributed by atoms with Crippen LogP contribution in [0.4, 0.5) is 0 Å². The summed E-state index contributed by atoms with van der Waals surface area (Å²) < 4.78 is 5.50. The van der Waals surface area contributed by atoms with E-state index in [4.69, 9.17) is 4.74 Å². The summed E-state index contributed by atoms with van der Waals surface area (Å²) in [5.74, 6) is 0.231. The van der Waals surface area contributed by atoms with Crippen molar-refractivity contribution in [2.75, 3.05) is 0 Å². The molecule has 0 unspecified atom stereocenters. The van der Waals surface area contributed by atoms with Gasteiger partial charge in [0.1, 0.15) is 6.33 Å². The van der Waals surface area contributed by atoms with E-state index < -0.39 is 5.60 Å². The maximum absolute atomic E-state index is 11.9. The fourth-order valence-electron chi connectivity index (χ4n) is 1.72. The molecule has 86 valence electrons. The fraction of sp³-hybridized carbons (Fsp3) is 0.250. The van der Waals surface area contributed by atoms with Gasteiger partial charge in [-0.15, -0.1) is 0 Å². The van der Waals surface area contributed by atoms with Gasteiger partial charge < -0.3 is 4.74 Å². The highest BCUT2D eigenvalue weighted by Gasteiger charge is 2.52. The minimum Gasteiger partial charge on any atom is -0.447 e. The number of ether oxygens (including phenoxy) is 1. The quantitative estimate of drug-likeness (QED) is 0.812. The molecule has 5 nitrogen and oxygen atoms in total. The van der Waals surface area contributed by atoms with Gasteiger partial charge in [-0.25, -0.2) is 9.78 Å². The first kappa shape index (κ1) is 10.0. The highest BCUT2D eigenvalue weighted by Crippen LogP contribution is 2.47. The molecule has 0 atom stereocenters. The van der Waals surface area contributed by atoms with Gasteiger partial charge in [0.25, 0.3) is 0 Å². The summed E-state index contributed by atoms with van der Waals surface area (Å²) >= 11 is 0. The van der Waals surface area contributed by atoms with Crippen LogP contribution in [0, 0.1) is 0 Å². The molecule has 1 aliphatic carbocycles. The first-order valence-electron chi connectivity index (χ1n) is 5.45. The van der Waals surface area contributed by atoms with Gasteiger partial charge in [0, 0.05) is 0 Å². The van der Waals surface area contributed by atoms with Crippen LogP contribution in [0.1, 0.15) is 29.0 Å². The molecule has 0 saturated heterocycles. The van der Waals surface area contributed by atoms with Gasteiger partial charge in [-0.2, -0.15) is 5.10 Å². The minimum absolute atomic E-state index is 0.326. The SMILES string of the molecule is O=C(OC1(c2nc[nH]n2)CC1)c1ccccc1. The molecule has 0 spiro atoms. The molecule has 0 amide bonds. The average molecular weight is 229 g/mol. The van der Waals surface area contributed by atoms with Crippen molar-refractivity contribution in [2.24, 2.45) is 0 Å². The Hall–Kier alpha value is -2.17. The summed E-state index contributed by atoms with van der Waals surface area (Å²) in [6.45, 7) is 0. The number of nitrogens with zero attached hydrogens (tertiary/aromatic N) is 2. The topological polar surface area (TPSA) is 67.9 Å². The molecule has 1 aliphatic rings. The summed E-state index contributed by atoms with van der Waals surface area (Å²) in [6.07, 6.45) is 3.05. The number of esters is 1. The van der Waals surface area contributed by atoms with Gasteiger partial charge in [0.05, 0.1) is 5.56 Å². The molecule has 0 bridgehead atoms. The summed E-state index contributed by atoms with van der Waals surface area (Å²) in [6, 6.07) is 8.94. The monoisotopic (exact) mass is 229 g/mol. The van der Waals surface area contributed by atoms with E-state index in [-0.39, 0.29) is 5.97 Å². The largest absolute Gasteiger partial charge is 0.447 e. The third-order valence-electron chi connectivity index (χ3n) is 2.82. The predicted octanol–water partition coefficient (Wildman–Crippen LogP) is 1.65. The molecule has 1 aromatic carbocycles. The Kier molecular flexibility index (Phi) is 2.18. The van der Waals surface area contributed by atoms with E-state index in [9.17, 15) is 4.79 Å². The summed E-state index contributed by atoms with van der Waals surface area (Å²) in [5, 5.41) is 6.62. The average Bonchev–Trinajstić information content (AvgIpc) is 2.94. The number of hydrogen-bond donors (Lipinski definition) is 1. The van der Waals surface area contributed by atoms with Gasteiger partial charge >= 0.3 is 5.97 Å². The molecule has 5 heteroatoms. The number of aromatic amines is 1. The zero-order valence-corrected chi connectivity index (χ0v) is 9.09. The third kappa shape index (κ3) is 1.80. The van der Waals surface area contributed by atoms with Crippen LogP contribution in [0.3, 0.4) is 0 Å². The minimum atomic E-state index is -0.604. The van der Waals surface area contributed by atoms with E-state index in [1.54, 1.807) is 12.1 Å². The van der Waals surface area contributed by atoms with Crippen molar-refractivity contribution in [3.05, 3.63) is 48.0 Å². The molecule has 1 heterocycles. The van der Waals surface area contributed by atoms with Crippen molar-refractivity contribution >= 4 is 5.97 Å². The predicted molar refractivity (Wildman–Crippen MR) is 59.2 cm³/mol. The van der Waals surface area contributed by atoms with Crippen LogP contribution in [0.2, 0.25) is 0 Å². The van der Waals surface area contributed by atoms with Gasteiger partial charge in [0.15, 0.2) is 11.4 Å². The van der Waals surface area contributed by atoms with Crippen LogP contribution in [-0.2, 0) is 10.3 Å². The van der Waals surface area contributed by atoms with E-state index in [1.165, 1.54) is 6.33 Å². The molecule has 0 radical (unpaired) electrons. The summed E-state index contributed by atoms with van der Waals surface area (Å²) in [7, 11) is 0. The molecular weight excluding hydrogens is 218 g/mol. The second-order valence-electron chi connectivity index (χ2n) is 4.07. The Balaban J connectivity index is 1.78. The molecule has 3 rings (SSSR count). The van der Waals surface area contributed by atoms with Crippen molar-refractivity contribution in [1.29, 1.82) is 0 Å². The van der Waals surface area contributed by atoms with E-state index in [1.807, 2.05) is 18.2 Å². The lowest BCUT2D eigenvalue weighted by Gasteiger charge is -2.12. The Morgan fingerprint density at radius 2 is 2.06 bits per heavy atom. The lowest BCUT2D eigenvalue weighted by molar-refractivity contribution is 0.0190. The van der Waals surface area contributed by atoms with E-state index in [0.29, 0.717) is 11.4 Å². The maximum atomic E-state index is 11.9. The van der Waals surface area contributed by atoms with Crippen LogP contribution in [0.5, 0.6) is 0 Å². The van der Waals surface area contributed by atoms with Gasteiger partial charge in [-0.3, -0.25) is 5.10 Å². The molecule has 1 aromatic heterocycles. The maximum Gasteiger partial charge on any atom is 0.339 e. The number of aromatic nitrogens is 3. The van der Waals surface area contributed by atoms with E-state index in [2.05, 4.69) is 15.2 Å². The second kappa shape index (κ2) is 3.69. The lowest BCUT2D eigenvalue weighted by atomic mass is 10.2. The van der Waals surface area contributed by atoms with Gasteiger partial charge in [-0.05, 0) is 25.0 Å². The smallest absolute Gasteiger partial charge is 0.339 e. The van der Waals surface area contributed by atoms with Crippen LogP contribution in [0.25, 0.3) is 0 Å². The Labute approximate surface area is 97.8 Å². The normalized spacial score (nSPS) is 16.5. The molecule has 17 heavy (non-hydrogen) atoms. The Morgan fingerprint density at radius 3 is 2.65 bits per heavy atom. The van der Waals surface area contributed by atoms with E-state index >= 15 is 0 Å². The molecular formula is C12H11N3O2. The molecule has 2 aromatic rings. The van der Waals surface area contributed by atoms with E-state index in [0.717, 1.165) is 12.8 Å². The summed E-state index contributed by atoms with van der Waals surface area (Å²) in [5.41, 5.74) is -0.0540. The highest BCUT2D eigenvalue weighted by atomic mass is 16.6. The lowest BCUT2D eigenvalue weighted by Crippen LogP contribution is -2.19. The first-order chi connectivity index (χ1) is 8.30. The number of carbonyl (C=O) groups excluding carboxylic acids is 1. The molecule has 0 aliphatic heterocycles. The van der Waals surface area contributed by atoms with Crippen LogP contribution in [-0.4, -0.2) is 21.2 Å². The number of H-pyrrole nitrogens is 1. The molecule has 1 fully saturated rings. The third-order valence-corrected chi connectivity index (χ3v) is 2.82. The van der Waals surface area contributed by atoms with Crippen molar-refractivity contribution in [3.63, 3.8) is 0 Å². The Morgan fingerprint density at radius 1 is 1.29 bits per heavy atom. The van der Waals surface area contributed by atoms with Crippen molar-refractivity contribution in [3.8, 4) is 0 Å². The van der Waals surface area contributed by atoms with Crippen LogP contribution in [0.15, 0.2) is 36.7 Å². The summed E-state index contributed by atoms with van der Waals surface area (Å²) in [4.78, 5) is 16.0. The standard InChI is InChI=1S/C12H11N3O2/c16-10(9-4-2-1-3-5-9)17-12(6-7-12)11-13-8-14-15-11/h1-5,8H,6-7H2,(H,13,14,15). The fourth-order valence-corrected chi connectivity index (χ4v) is 1.72. The number of carbonyl (C=O) groups is 1. The van der Waals surface area contributed by atoms with Gasteiger partial charge in [0.2, 0.25) is 0 Å². The number of rotatable bonds is 3. The van der Waals surface area contributed by atoms with Crippen molar-refractivity contribution in [1.82, 2.24) is 15.2 Å². The van der Waals surface area contributed by atoms with Crippen molar-refractivity contribution in [2.45, 2.75) is 18.4 Å². The zero-order chi connectivity index (χ0) is 11.7. The highest BCUT2D eigenvalue weighted by molar-refractivity contribution is 5.89.